The van der Waals surface area contributed by atoms with Crippen molar-refractivity contribution in [1.29, 1.82) is 0 Å². The maximum absolute atomic E-state index is 13.3. The van der Waals surface area contributed by atoms with Crippen LogP contribution < -0.4 is 0 Å². The van der Waals surface area contributed by atoms with Crippen molar-refractivity contribution in [2.24, 2.45) is 0 Å². The Hall–Kier alpha value is -2.50. The zero-order chi connectivity index (χ0) is 19.8. The topological polar surface area (TPSA) is 30.3 Å². The van der Waals surface area contributed by atoms with Gasteiger partial charge in [0.1, 0.15) is 17.7 Å². The second kappa shape index (κ2) is 7.73. The normalized spacial score (nSPS) is 20.1. The van der Waals surface area contributed by atoms with Crippen LogP contribution in [-0.4, -0.2) is 40.7 Å². The van der Waals surface area contributed by atoms with E-state index in [1.165, 1.54) is 23.3 Å². The van der Waals surface area contributed by atoms with Crippen LogP contribution in [0, 0.1) is 5.82 Å². The Kier molecular flexibility index (Phi) is 4.94. The van der Waals surface area contributed by atoms with Gasteiger partial charge in [-0.15, -0.1) is 0 Å². The molecular weight excluding hydrogens is 365 g/mol. The van der Waals surface area contributed by atoms with Crippen molar-refractivity contribution in [3.63, 3.8) is 0 Å². The minimum absolute atomic E-state index is 0.170. The molecule has 0 N–H and O–H groups in total. The minimum Gasteiger partial charge on any atom is -0.362 e. The summed E-state index contributed by atoms with van der Waals surface area (Å²) < 4.78 is 22.3. The van der Waals surface area contributed by atoms with Gasteiger partial charge in [-0.1, -0.05) is 24.3 Å². The largest absolute Gasteiger partial charge is 0.362 e. The molecule has 1 aromatic heterocycles. The summed E-state index contributed by atoms with van der Waals surface area (Å²) in [5.74, 6) is 0.722. The predicted molar refractivity (Wildman–Crippen MR) is 111 cm³/mol. The predicted octanol–water partition coefficient (Wildman–Crippen LogP) is 4.45. The molecule has 3 heterocycles. The molecule has 0 amide bonds. The van der Waals surface area contributed by atoms with Crippen LogP contribution in [0.1, 0.15) is 35.9 Å². The van der Waals surface area contributed by atoms with Crippen LogP contribution in [0.5, 0.6) is 0 Å². The molecule has 2 aliphatic rings. The number of nitrogens with zero attached hydrogens (tertiary/aromatic N) is 3. The van der Waals surface area contributed by atoms with Gasteiger partial charge in [-0.3, -0.25) is 0 Å². The summed E-state index contributed by atoms with van der Waals surface area (Å²) in [4.78, 5) is 7.33. The molecule has 0 aliphatic carbocycles. The molecule has 5 rings (SSSR count). The van der Waals surface area contributed by atoms with E-state index < -0.39 is 0 Å². The van der Waals surface area contributed by atoms with Gasteiger partial charge in [0, 0.05) is 31.4 Å². The number of rotatable bonds is 3. The second-order valence-electron chi connectivity index (χ2n) is 8.15. The summed E-state index contributed by atoms with van der Waals surface area (Å²) in [6.07, 6.45) is 5.19. The van der Waals surface area contributed by atoms with Gasteiger partial charge < -0.3 is 14.2 Å². The lowest BCUT2D eigenvalue weighted by atomic mass is 10.00. The van der Waals surface area contributed by atoms with Crippen LogP contribution in [0.3, 0.4) is 0 Å². The van der Waals surface area contributed by atoms with E-state index in [9.17, 15) is 4.39 Å². The molecule has 2 aliphatic heterocycles. The van der Waals surface area contributed by atoms with E-state index >= 15 is 0 Å². The highest BCUT2D eigenvalue weighted by atomic mass is 19.1. The van der Waals surface area contributed by atoms with Crippen LogP contribution in [-0.2, 0) is 17.7 Å². The molecule has 3 aromatic rings. The van der Waals surface area contributed by atoms with Crippen LogP contribution >= 0.6 is 0 Å². The number of imidazole rings is 1. The SMILES string of the molecule is CN1CCC(OC2c3ccccc3CCn3cc(-c4ccc(F)cc4)nc32)CC1. The molecule has 5 heteroatoms. The number of ether oxygens (including phenoxy) is 1. The Morgan fingerprint density at radius 1 is 1.00 bits per heavy atom. The van der Waals surface area contributed by atoms with Crippen molar-refractivity contribution < 1.29 is 9.13 Å². The molecule has 2 aromatic carbocycles. The second-order valence-corrected chi connectivity index (χ2v) is 8.15. The molecule has 29 heavy (non-hydrogen) atoms. The fraction of sp³-hybridized carbons (Fsp3) is 0.375. The third-order valence-corrected chi connectivity index (χ3v) is 6.14. The first-order valence-corrected chi connectivity index (χ1v) is 10.4. The Labute approximate surface area is 170 Å². The monoisotopic (exact) mass is 391 g/mol. The van der Waals surface area contributed by atoms with Crippen molar-refractivity contribution in [3.05, 3.63) is 77.5 Å². The van der Waals surface area contributed by atoms with Crippen LogP contribution in [0.4, 0.5) is 4.39 Å². The van der Waals surface area contributed by atoms with Crippen LogP contribution in [0.25, 0.3) is 11.3 Å². The van der Waals surface area contributed by atoms with Crippen LogP contribution in [0.15, 0.2) is 54.7 Å². The highest BCUT2D eigenvalue weighted by Gasteiger charge is 2.30. The number of benzene rings is 2. The van der Waals surface area contributed by atoms with E-state index in [0.717, 1.165) is 56.0 Å². The maximum Gasteiger partial charge on any atom is 0.143 e. The number of hydrogen-bond donors (Lipinski definition) is 0. The Bertz CT molecular complexity index is 990. The molecular formula is C24H26FN3O. The van der Waals surface area contributed by atoms with Gasteiger partial charge in [-0.25, -0.2) is 9.37 Å². The highest BCUT2D eigenvalue weighted by Crippen LogP contribution is 2.35. The fourth-order valence-electron chi connectivity index (χ4n) is 4.42. The van der Waals surface area contributed by atoms with Crippen molar-refractivity contribution in [1.82, 2.24) is 14.5 Å². The number of halogens is 1. The number of likely N-dealkylation sites (tertiary alicyclic amines) is 1. The Balaban J connectivity index is 1.52. The fourth-order valence-corrected chi connectivity index (χ4v) is 4.42. The quantitative estimate of drug-likeness (QED) is 0.661. The lowest BCUT2D eigenvalue weighted by molar-refractivity contribution is -0.0275. The van der Waals surface area contributed by atoms with Crippen molar-refractivity contribution in [2.45, 2.75) is 38.0 Å². The average molecular weight is 391 g/mol. The van der Waals surface area contributed by atoms with Gasteiger partial charge in [-0.2, -0.15) is 0 Å². The van der Waals surface area contributed by atoms with E-state index in [1.807, 2.05) is 0 Å². The molecule has 1 unspecified atom stereocenters. The minimum atomic E-state index is -0.230. The summed E-state index contributed by atoms with van der Waals surface area (Å²) in [5.41, 5.74) is 4.36. The van der Waals surface area contributed by atoms with Gasteiger partial charge in [0.2, 0.25) is 0 Å². The van der Waals surface area contributed by atoms with Gasteiger partial charge in [0.05, 0.1) is 11.8 Å². The molecule has 1 saturated heterocycles. The lowest BCUT2D eigenvalue weighted by Crippen LogP contribution is -2.35. The summed E-state index contributed by atoms with van der Waals surface area (Å²) >= 11 is 0. The van der Waals surface area contributed by atoms with Gasteiger partial charge in [0.15, 0.2) is 0 Å². The number of hydrogen-bond acceptors (Lipinski definition) is 3. The molecule has 150 valence electrons. The number of aromatic nitrogens is 2. The molecule has 1 atom stereocenters. The van der Waals surface area contributed by atoms with Gasteiger partial charge in [-0.05, 0) is 61.7 Å². The number of fused-ring (bicyclic) bond motifs is 2. The molecule has 0 radical (unpaired) electrons. The van der Waals surface area contributed by atoms with Gasteiger partial charge in [0.25, 0.3) is 0 Å². The average Bonchev–Trinajstić information content (AvgIpc) is 3.11. The first-order chi connectivity index (χ1) is 14.2. The third-order valence-electron chi connectivity index (χ3n) is 6.14. The zero-order valence-electron chi connectivity index (χ0n) is 16.7. The van der Waals surface area contributed by atoms with E-state index in [-0.39, 0.29) is 18.0 Å². The van der Waals surface area contributed by atoms with E-state index in [4.69, 9.17) is 9.72 Å². The Morgan fingerprint density at radius 2 is 1.76 bits per heavy atom. The van der Waals surface area contributed by atoms with E-state index in [2.05, 4.69) is 47.0 Å². The Morgan fingerprint density at radius 3 is 2.55 bits per heavy atom. The first kappa shape index (κ1) is 18.5. The summed E-state index contributed by atoms with van der Waals surface area (Å²) in [6, 6.07) is 15.1. The zero-order valence-corrected chi connectivity index (χ0v) is 16.7. The van der Waals surface area contributed by atoms with Gasteiger partial charge >= 0.3 is 0 Å². The van der Waals surface area contributed by atoms with Crippen molar-refractivity contribution in [3.8, 4) is 11.3 Å². The summed E-state index contributed by atoms with van der Waals surface area (Å²) in [6.45, 7) is 3.00. The number of aryl methyl sites for hydroxylation is 2. The molecule has 4 nitrogen and oxygen atoms in total. The molecule has 0 saturated carbocycles. The first-order valence-electron chi connectivity index (χ1n) is 10.4. The summed E-state index contributed by atoms with van der Waals surface area (Å²) in [7, 11) is 2.17. The summed E-state index contributed by atoms with van der Waals surface area (Å²) in [5, 5.41) is 0. The standard InChI is InChI=1S/C24H26FN3O/c1-27-13-11-20(12-14-27)29-23-21-5-3-2-4-17(21)10-15-28-16-22(26-24(23)28)18-6-8-19(25)9-7-18/h2-9,16,20,23H,10-15H2,1H3. The van der Waals surface area contributed by atoms with Crippen molar-refractivity contribution >= 4 is 0 Å². The maximum atomic E-state index is 13.3. The smallest absolute Gasteiger partial charge is 0.143 e. The van der Waals surface area contributed by atoms with Crippen LogP contribution in [0.2, 0.25) is 0 Å². The molecule has 0 bridgehead atoms. The third kappa shape index (κ3) is 3.72. The number of piperidine rings is 1. The van der Waals surface area contributed by atoms with Crippen molar-refractivity contribution in [2.75, 3.05) is 20.1 Å². The van der Waals surface area contributed by atoms with E-state index in [1.54, 1.807) is 12.1 Å². The highest BCUT2D eigenvalue weighted by molar-refractivity contribution is 5.59. The molecule has 0 spiro atoms. The molecule has 1 fully saturated rings. The lowest BCUT2D eigenvalue weighted by Gasteiger charge is -2.32. The van der Waals surface area contributed by atoms with E-state index in [0.29, 0.717) is 0 Å².